The van der Waals surface area contributed by atoms with Crippen LogP contribution in [0.15, 0.2) is 18.2 Å². The van der Waals surface area contributed by atoms with Crippen LogP contribution in [0.5, 0.6) is 0 Å². The van der Waals surface area contributed by atoms with Gasteiger partial charge in [0.15, 0.2) is 0 Å². The summed E-state index contributed by atoms with van der Waals surface area (Å²) in [5, 5.41) is 9.98. The zero-order valence-electron chi connectivity index (χ0n) is 6.74. The Morgan fingerprint density at radius 1 is 1.50 bits per heavy atom. The number of hydrogen-bond acceptors (Lipinski definition) is 2. The van der Waals surface area contributed by atoms with E-state index in [2.05, 4.69) is 0 Å². The van der Waals surface area contributed by atoms with Crippen molar-refractivity contribution < 1.29 is 10.0 Å². The van der Waals surface area contributed by atoms with Crippen molar-refractivity contribution in [3.63, 3.8) is 0 Å². The Bertz CT molecular complexity index is 346. The molecule has 0 fully saturated rings. The predicted molar refractivity (Wildman–Crippen MR) is 44.2 cm³/mol. The summed E-state index contributed by atoms with van der Waals surface area (Å²) in [6, 6.07) is 5.62. The summed E-state index contributed by atoms with van der Waals surface area (Å²) >= 11 is 0. The first-order chi connectivity index (χ1) is 5.68. The van der Waals surface area contributed by atoms with Crippen molar-refractivity contribution >= 4 is 11.6 Å². The van der Waals surface area contributed by atoms with Crippen LogP contribution >= 0.6 is 0 Å². The molecule has 0 saturated heterocycles. The van der Waals surface area contributed by atoms with Gasteiger partial charge in [-0.3, -0.25) is 10.0 Å². The topological polar surface area (TPSA) is 40.5 Å². The van der Waals surface area contributed by atoms with E-state index >= 15 is 0 Å². The molecule has 2 rings (SSSR count). The monoisotopic (exact) mass is 163 g/mol. The largest absolute Gasteiger partial charge is 0.281 e. The van der Waals surface area contributed by atoms with Crippen LogP contribution in [0.2, 0.25) is 0 Å². The van der Waals surface area contributed by atoms with E-state index in [1.165, 1.54) is 0 Å². The lowest BCUT2D eigenvalue weighted by molar-refractivity contribution is -0.122. The molecule has 12 heavy (non-hydrogen) atoms. The molecule has 0 aliphatic carbocycles. The second-order valence-electron chi connectivity index (χ2n) is 3.01. The zero-order valence-corrected chi connectivity index (χ0v) is 6.74. The maximum atomic E-state index is 11.0. The number of hydrogen-bond donors (Lipinski definition) is 1. The number of benzene rings is 1. The minimum Gasteiger partial charge on any atom is -0.281 e. The summed E-state index contributed by atoms with van der Waals surface area (Å²) in [4.78, 5) is 11.0. The zero-order chi connectivity index (χ0) is 8.72. The quantitative estimate of drug-likeness (QED) is 0.585. The fourth-order valence-electron chi connectivity index (χ4n) is 1.39. The van der Waals surface area contributed by atoms with E-state index in [4.69, 9.17) is 0 Å². The van der Waals surface area contributed by atoms with Crippen LogP contribution in [0.4, 0.5) is 5.69 Å². The number of aryl methyl sites for hydroxylation is 1. The lowest BCUT2D eigenvalue weighted by Gasteiger charge is -2.07. The summed E-state index contributed by atoms with van der Waals surface area (Å²) in [7, 11) is 0. The molecule has 0 radical (unpaired) electrons. The Balaban J connectivity index is 2.55. The van der Waals surface area contributed by atoms with Crippen LogP contribution in [-0.4, -0.2) is 11.1 Å². The lowest BCUT2D eigenvalue weighted by Crippen LogP contribution is -2.21. The molecule has 1 aromatic rings. The average molecular weight is 163 g/mol. The van der Waals surface area contributed by atoms with Gasteiger partial charge in [-0.15, -0.1) is 0 Å². The number of hydroxylamine groups is 1. The molecule has 1 aliphatic rings. The van der Waals surface area contributed by atoms with Crippen molar-refractivity contribution in [1.29, 1.82) is 0 Å². The standard InChI is InChI=1S/C9H9NO2/c1-6-2-3-7-5-9(11)10(12)8(7)4-6/h2-4,12H,5H2,1H3. The summed E-state index contributed by atoms with van der Waals surface area (Å²) in [6.07, 6.45) is 0.312. The van der Waals surface area contributed by atoms with E-state index in [-0.39, 0.29) is 5.91 Å². The molecule has 1 aliphatic heterocycles. The maximum Gasteiger partial charge on any atom is 0.255 e. The number of anilines is 1. The molecule has 1 heterocycles. The number of fused-ring (bicyclic) bond motifs is 1. The molecule has 62 valence electrons. The number of carbonyl (C=O) groups is 1. The van der Waals surface area contributed by atoms with Crippen LogP contribution in [-0.2, 0) is 11.2 Å². The van der Waals surface area contributed by atoms with E-state index in [1.54, 1.807) is 6.07 Å². The van der Waals surface area contributed by atoms with Gasteiger partial charge in [-0.1, -0.05) is 12.1 Å². The van der Waals surface area contributed by atoms with Gasteiger partial charge in [0, 0.05) is 0 Å². The first kappa shape index (κ1) is 7.31. The third-order valence-electron chi connectivity index (χ3n) is 2.05. The highest BCUT2D eigenvalue weighted by atomic mass is 16.5. The normalized spacial score (nSPS) is 15.2. The van der Waals surface area contributed by atoms with E-state index in [9.17, 15) is 10.0 Å². The van der Waals surface area contributed by atoms with Crippen molar-refractivity contribution in [2.75, 3.05) is 5.06 Å². The number of rotatable bonds is 0. The van der Waals surface area contributed by atoms with Gasteiger partial charge < -0.3 is 0 Å². The van der Waals surface area contributed by atoms with Crippen molar-refractivity contribution in [2.24, 2.45) is 0 Å². The first-order valence-electron chi connectivity index (χ1n) is 3.80. The summed E-state index contributed by atoms with van der Waals surface area (Å²) in [5.74, 6) is -0.254. The van der Waals surface area contributed by atoms with Gasteiger partial charge in [-0.05, 0) is 24.1 Å². The Morgan fingerprint density at radius 2 is 2.25 bits per heavy atom. The predicted octanol–water partition coefficient (Wildman–Crippen LogP) is 1.27. The molecular weight excluding hydrogens is 154 g/mol. The minimum atomic E-state index is -0.254. The van der Waals surface area contributed by atoms with Crippen molar-refractivity contribution in [3.8, 4) is 0 Å². The van der Waals surface area contributed by atoms with Crippen molar-refractivity contribution in [2.45, 2.75) is 13.3 Å². The van der Waals surface area contributed by atoms with Gasteiger partial charge in [-0.2, -0.15) is 5.06 Å². The Hall–Kier alpha value is -1.35. The Morgan fingerprint density at radius 3 is 3.00 bits per heavy atom. The van der Waals surface area contributed by atoms with Crippen LogP contribution in [0.25, 0.3) is 0 Å². The number of amides is 1. The van der Waals surface area contributed by atoms with E-state index in [0.29, 0.717) is 12.1 Å². The first-order valence-corrected chi connectivity index (χ1v) is 3.80. The molecule has 0 aromatic heterocycles. The average Bonchev–Trinajstić information content (AvgIpc) is 2.31. The third-order valence-corrected chi connectivity index (χ3v) is 2.05. The van der Waals surface area contributed by atoms with Gasteiger partial charge in [-0.25, -0.2) is 0 Å². The molecule has 3 heteroatoms. The van der Waals surface area contributed by atoms with E-state index < -0.39 is 0 Å². The third kappa shape index (κ3) is 0.905. The highest BCUT2D eigenvalue weighted by Crippen LogP contribution is 2.27. The van der Waals surface area contributed by atoms with Gasteiger partial charge in [0.1, 0.15) is 0 Å². The summed E-state index contributed by atoms with van der Waals surface area (Å²) < 4.78 is 0. The van der Waals surface area contributed by atoms with Crippen LogP contribution < -0.4 is 5.06 Å². The summed E-state index contributed by atoms with van der Waals surface area (Å²) in [6.45, 7) is 1.93. The molecule has 3 nitrogen and oxygen atoms in total. The smallest absolute Gasteiger partial charge is 0.255 e. The highest BCUT2D eigenvalue weighted by Gasteiger charge is 2.25. The molecule has 1 N–H and O–H groups in total. The molecule has 1 amide bonds. The van der Waals surface area contributed by atoms with Crippen molar-refractivity contribution in [3.05, 3.63) is 29.3 Å². The SMILES string of the molecule is Cc1ccc2c(c1)N(O)C(=O)C2. The second kappa shape index (κ2) is 2.32. The molecular formula is C9H9NO2. The molecule has 0 atom stereocenters. The second-order valence-corrected chi connectivity index (χ2v) is 3.01. The highest BCUT2D eigenvalue weighted by molar-refractivity contribution is 5.99. The van der Waals surface area contributed by atoms with E-state index in [1.807, 2.05) is 19.1 Å². The molecule has 0 saturated carbocycles. The molecule has 1 aromatic carbocycles. The fraction of sp³-hybridized carbons (Fsp3) is 0.222. The lowest BCUT2D eigenvalue weighted by atomic mass is 10.1. The Labute approximate surface area is 70.2 Å². The van der Waals surface area contributed by atoms with Gasteiger partial charge >= 0.3 is 0 Å². The van der Waals surface area contributed by atoms with Gasteiger partial charge in [0.2, 0.25) is 0 Å². The van der Waals surface area contributed by atoms with Crippen LogP contribution in [0, 0.1) is 6.92 Å². The van der Waals surface area contributed by atoms with Crippen LogP contribution in [0.3, 0.4) is 0 Å². The van der Waals surface area contributed by atoms with Gasteiger partial charge in [0.25, 0.3) is 5.91 Å². The van der Waals surface area contributed by atoms with Crippen LogP contribution in [0.1, 0.15) is 11.1 Å². The van der Waals surface area contributed by atoms with E-state index in [0.717, 1.165) is 16.2 Å². The number of carbonyl (C=O) groups excluding carboxylic acids is 1. The maximum absolute atomic E-state index is 11.0. The fourth-order valence-corrected chi connectivity index (χ4v) is 1.39. The minimum absolute atomic E-state index is 0.254. The molecule has 0 bridgehead atoms. The molecule has 0 spiro atoms. The summed E-state index contributed by atoms with van der Waals surface area (Å²) in [5.41, 5.74) is 2.57. The Kier molecular flexibility index (Phi) is 1.41. The van der Waals surface area contributed by atoms with Gasteiger partial charge in [0.05, 0.1) is 12.1 Å². The molecule has 0 unspecified atom stereocenters. The van der Waals surface area contributed by atoms with Crippen molar-refractivity contribution in [1.82, 2.24) is 0 Å². The number of nitrogens with zero attached hydrogens (tertiary/aromatic N) is 1.